The molecule has 0 unspecified atom stereocenters. The van der Waals surface area contributed by atoms with Gasteiger partial charge in [-0.05, 0) is 0 Å². The predicted octanol–water partition coefficient (Wildman–Crippen LogP) is 0.357. The minimum atomic E-state index is -1.71. The minimum absolute atomic E-state index is 0. The van der Waals surface area contributed by atoms with Crippen LogP contribution in [0.5, 0.6) is 11.5 Å². The maximum atomic E-state index is 12.4. The van der Waals surface area contributed by atoms with Crippen molar-refractivity contribution in [3.8, 4) is 11.5 Å². The summed E-state index contributed by atoms with van der Waals surface area (Å²) in [7, 11) is 0. The third-order valence-electron chi connectivity index (χ3n) is 2.01. The molecule has 0 atom stereocenters. The fraction of sp³-hybridized carbons (Fsp3) is 0. The van der Waals surface area contributed by atoms with E-state index in [2.05, 4.69) is 0 Å². The van der Waals surface area contributed by atoms with E-state index in [1.807, 2.05) is 0 Å². The van der Waals surface area contributed by atoms with Gasteiger partial charge in [0, 0.05) is 59.1 Å². The van der Waals surface area contributed by atoms with Crippen LogP contribution in [0.4, 0.5) is 27.2 Å². The second kappa shape index (κ2) is 8.26. The van der Waals surface area contributed by atoms with Crippen LogP contribution in [0.15, 0.2) is 0 Å². The standard InChI is InChI=1S/C6H3FN4O8.2Na/c7-8-1-2(9(14)15)5(12)4(11(18)19)6(13)3(1)10(16)17;;/h8,12-13H;;. The molecule has 0 aliphatic rings. The second-order valence-electron chi connectivity index (χ2n) is 2.98. The van der Waals surface area contributed by atoms with E-state index in [0.717, 1.165) is 0 Å². The maximum Gasteiger partial charge on any atom is 0.366 e. The van der Waals surface area contributed by atoms with Crippen LogP contribution in [0.2, 0.25) is 0 Å². The number of rotatable bonds is 4. The van der Waals surface area contributed by atoms with Crippen LogP contribution >= 0.6 is 0 Å². The molecule has 0 aliphatic heterocycles. The molecule has 1 aromatic carbocycles. The normalized spacial score (nSPS) is 9.00. The number of halogens is 1. The number of aromatic hydroxyl groups is 2. The molecule has 0 fully saturated rings. The van der Waals surface area contributed by atoms with E-state index >= 15 is 0 Å². The Morgan fingerprint density at radius 3 is 1.29 bits per heavy atom. The summed E-state index contributed by atoms with van der Waals surface area (Å²) in [6.45, 7) is 0. The molecule has 15 heteroatoms. The number of hydrogen-bond acceptors (Lipinski definition) is 9. The molecule has 1 rings (SSSR count). The zero-order chi connectivity index (χ0) is 14.9. The third-order valence-corrected chi connectivity index (χ3v) is 2.01. The molecule has 0 heterocycles. The smallest absolute Gasteiger partial charge is 0.366 e. The van der Waals surface area contributed by atoms with Gasteiger partial charge < -0.3 is 10.2 Å². The van der Waals surface area contributed by atoms with Crippen molar-refractivity contribution < 1.29 is 29.5 Å². The summed E-state index contributed by atoms with van der Waals surface area (Å²) in [6.07, 6.45) is 0. The molecule has 2 radical (unpaired) electrons. The van der Waals surface area contributed by atoms with Crippen molar-refractivity contribution in [3.05, 3.63) is 30.3 Å². The Hall–Kier alpha value is -1.25. The summed E-state index contributed by atoms with van der Waals surface area (Å²) in [5.41, 5.74) is -5.90. The molecule has 0 bridgehead atoms. The topological polar surface area (TPSA) is 182 Å². The molecule has 1 aromatic rings. The van der Waals surface area contributed by atoms with Gasteiger partial charge in [-0.1, -0.05) is 0 Å². The number of nitro groups is 3. The summed E-state index contributed by atoms with van der Waals surface area (Å²) in [5, 5.41) is 50.2. The molecular formula is C6H3FN4Na2O8. The van der Waals surface area contributed by atoms with E-state index in [-0.39, 0.29) is 59.1 Å². The Morgan fingerprint density at radius 1 is 0.810 bits per heavy atom. The molecule has 104 valence electrons. The van der Waals surface area contributed by atoms with Gasteiger partial charge in [-0.2, -0.15) is 0 Å². The molecule has 21 heavy (non-hydrogen) atoms. The van der Waals surface area contributed by atoms with Crippen LogP contribution in [0, 0.1) is 30.3 Å². The van der Waals surface area contributed by atoms with Crippen LogP contribution in [0.25, 0.3) is 0 Å². The van der Waals surface area contributed by atoms with Gasteiger partial charge in [-0.25, -0.2) is 5.54 Å². The van der Waals surface area contributed by atoms with Crippen LogP contribution in [-0.4, -0.2) is 84.1 Å². The number of hydrogen-bond donors (Lipinski definition) is 3. The maximum absolute atomic E-state index is 12.4. The van der Waals surface area contributed by atoms with Crippen LogP contribution < -0.4 is 5.54 Å². The van der Waals surface area contributed by atoms with Crippen molar-refractivity contribution in [3.63, 3.8) is 0 Å². The van der Waals surface area contributed by atoms with Gasteiger partial charge >= 0.3 is 17.1 Å². The number of nitro benzene ring substituents is 3. The SMILES string of the molecule is O=[N+]([O-])c1c(O)c([N+](=O)[O-])c(NF)c([N+](=O)[O-])c1O.[Na].[Na]. The molecular weight excluding hydrogens is 321 g/mol. The average Bonchev–Trinajstić information content (AvgIpc) is 2.25. The first-order valence-electron chi connectivity index (χ1n) is 4.15. The molecule has 0 aromatic heterocycles. The quantitative estimate of drug-likeness (QED) is 0.304. The van der Waals surface area contributed by atoms with Crippen LogP contribution in [0.3, 0.4) is 0 Å². The van der Waals surface area contributed by atoms with Gasteiger partial charge in [-0.15, -0.1) is 4.48 Å². The molecule has 0 spiro atoms. The van der Waals surface area contributed by atoms with Crippen molar-refractivity contribution in [1.29, 1.82) is 0 Å². The molecule has 0 aliphatic carbocycles. The van der Waals surface area contributed by atoms with E-state index in [4.69, 9.17) is 0 Å². The van der Waals surface area contributed by atoms with E-state index in [9.17, 15) is 45.0 Å². The first-order valence-corrected chi connectivity index (χ1v) is 4.15. The second-order valence-corrected chi connectivity index (χ2v) is 2.98. The number of phenolic OH excluding ortho intramolecular Hbond substituents is 2. The van der Waals surface area contributed by atoms with Gasteiger partial charge in [0.1, 0.15) is 0 Å². The molecule has 0 amide bonds. The summed E-state index contributed by atoms with van der Waals surface area (Å²) in [6, 6.07) is 0. The summed E-state index contributed by atoms with van der Waals surface area (Å²) in [5.74, 6) is -3.42. The van der Waals surface area contributed by atoms with E-state index in [1.54, 1.807) is 0 Å². The van der Waals surface area contributed by atoms with Gasteiger partial charge in [0.15, 0.2) is 0 Å². The number of anilines is 1. The van der Waals surface area contributed by atoms with Crippen LogP contribution in [-0.2, 0) is 0 Å². The van der Waals surface area contributed by atoms with Gasteiger partial charge in [0.25, 0.3) is 11.5 Å². The Bertz CT molecular complexity index is 570. The summed E-state index contributed by atoms with van der Waals surface area (Å²) < 4.78 is 12.4. The van der Waals surface area contributed by atoms with Gasteiger partial charge in [0.2, 0.25) is 5.69 Å². The molecule has 0 saturated carbocycles. The minimum Gasteiger partial charge on any atom is -0.497 e. The third kappa shape index (κ3) is 3.90. The summed E-state index contributed by atoms with van der Waals surface area (Å²) >= 11 is 0. The largest absolute Gasteiger partial charge is 0.497 e. The monoisotopic (exact) mass is 324 g/mol. The molecule has 12 nitrogen and oxygen atoms in total. The Labute approximate surface area is 157 Å². The zero-order valence-corrected chi connectivity index (χ0v) is 14.6. The van der Waals surface area contributed by atoms with Crippen molar-refractivity contribution in [2.75, 3.05) is 5.54 Å². The van der Waals surface area contributed by atoms with E-state index in [1.165, 1.54) is 0 Å². The fourth-order valence-electron chi connectivity index (χ4n) is 1.30. The number of nitrogens with zero attached hydrogens (tertiary/aromatic N) is 3. The molecule has 0 saturated heterocycles. The number of nitrogens with one attached hydrogen (secondary N) is 1. The average molecular weight is 324 g/mol. The Kier molecular flexibility index (Phi) is 8.66. The van der Waals surface area contributed by atoms with Gasteiger partial charge in [-0.3, -0.25) is 30.3 Å². The van der Waals surface area contributed by atoms with Crippen molar-refractivity contribution in [2.45, 2.75) is 0 Å². The Balaban J connectivity index is 0. The van der Waals surface area contributed by atoms with Crippen LogP contribution in [0.1, 0.15) is 0 Å². The fourth-order valence-corrected chi connectivity index (χ4v) is 1.30. The first kappa shape index (κ1) is 22.0. The predicted molar refractivity (Wildman–Crippen MR) is 66.0 cm³/mol. The van der Waals surface area contributed by atoms with Crippen molar-refractivity contribution in [1.82, 2.24) is 0 Å². The van der Waals surface area contributed by atoms with E-state index in [0.29, 0.717) is 5.54 Å². The van der Waals surface area contributed by atoms with Crippen molar-refractivity contribution >= 4 is 81.9 Å². The van der Waals surface area contributed by atoms with Crippen molar-refractivity contribution in [2.24, 2.45) is 0 Å². The molecule has 3 N–H and O–H groups in total. The number of phenols is 2. The zero-order valence-electron chi connectivity index (χ0n) is 10.6. The first-order chi connectivity index (χ1) is 8.73. The van der Waals surface area contributed by atoms with Gasteiger partial charge in [0.05, 0.1) is 14.8 Å². The summed E-state index contributed by atoms with van der Waals surface area (Å²) in [4.78, 5) is 27.2. The Morgan fingerprint density at radius 2 is 1.10 bits per heavy atom. The van der Waals surface area contributed by atoms with E-state index < -0.39 is 49.0 Å². The number of benzene rings is 1.